The first-order valence-corrected chi connectivity index (χ1v) is 16.1. The van der Waals surface area contributed by atoms with Crippen molar-refractivity contribution >= 4 is 41.0 Å². The summed E-state index contributed by atoms with van der Waals surface area (Å²) in [6.07, 6.45) is 6.91. The van der Waals surface area contributed by atoms with E-state index in [-0.39, 0.29) is 6.04 Å². The highest BCUT2D eigenvalue weighted by Crippen LogP contribution is 2.38. The van der Waals surface area contributed by atoms with Crippen LogP contribution in [0.2, 0.25) is 5.02 Å². The molecule has 0 saturated carbocycles. The summed E-state index contributed by atoms with van der Waals surface area (Å²) in [6.45, 7) is 6.48. The fourth-order valence-electron chi connectivity index (χ4n) is 6.45. The molecule has 0 N–H and O–H groups in total. The van der Waals surface area contributed by atoms with E-state index in [2.05, 4.69) is 36.7 Å². The van der Waals surface area contributed by atoms with Crippen molar-refractivity contribution in [2.24, 2.45) is 0 Å². The van der Waals surface area contributed by atoms with Gasteiger partial charge in [-0.15, -0.1) is 0 Å². The number of pyridine rings is 1. The highest BCUT2D eigenvalue weighted by Gasteiger charge is 2.26. The Bertz CT molecular complexity index is 1850. The first kappa shape index (κ1) is 30.8. The molecule has 3 aromatic heterocycles. The van der Waals surface area contributed by atoms with Gasteiger partial charge in [-0.1, -0.05) is 41.9 Å². The number of aldehydes is 1. The minimum atomic E-state index is -0.219. The van der Waals surface area contributed by atoms with Gasteiger partial charge in [-0.25, -0.2) is 9.97 Å². The molecule has 0 amide bonds. The van der Waals surface area contributed by atoms with Crippen molar-refractivity contribution < 1.29 is 14.3 Å². The lowest BCUT2D eigenvalue weighted by Crippen LogP contribution is -2.49. The van der Waals surface area contributed by atoms with Crippen LogP contribution in [0.1, 0.15) is 11.6 Å². The van der Waals surface area contributed by atoms with Gasteiger partial charge < -0.3 is 33.4 Å². The lowest BCUT2D eigenvalue weighted by atomic mass is 10.1. The molecule has 2 aromatic carbocycles. The molecule has 11 nitrogen and oxygen atoms in total. The lowest BCUT2D eigenvalue weighted by molar-refractivity contribution is -0.112. The maximum absolute atomic E-state index is 12.0. The number of methoxy groups -OCH3 is 2. The van der Waals surface area contributed by atoms with Gasteiger partial charge in [0, 0.05) is 94.3 Å². The number of piperazine rings is 2. The molecule has 7 rings (SSSR count). The summed E-state index contributed by atoms with van der Waals surface area (Å²) in [5, 5.41) is 0.502. The third kappa shape index (κ3) is 6.28. The van der Waals surface area contributed by atoms with Gasteiger partial charge in [-0.3, -0.25) is 4.90 Å². The summed E-state index contributed by atoms with van der Waals surface area (Å²) in [4.78, 5) is 35.6. The van der Waals surface area contributed by atoms with Crippen LogP contribution in [0.3, 0.4) is 0 Å². The second-order valence-electron chi connectivity index (χ2n) is 11.7. The van der Waals surface area contributed by atoms with Crippen LogP contribution in [0.15, 0.2) is 79.3 Å². The van der Waals surface area contributed by atoms with E-state index in [4.69, 9.17) is 31.0 Å². The van der Waals surface area contributed by atoms with Gasteiger partial charge in [0.25, 0.3) is 0 Å². The van der Waals surface area contributed by atoms with E-state index >= 15 is 0 Å². The zero-order chi connectivity index (χ0) is 32.3. The number of hydrogen-bond donors (Lipinski definition) is 0. The van der Waals surface area contributed by atoms with Gasteiger partial charge in [0.15, 0.2) is 0 Å². The van der Waals surface area contributed by atoms with Crippen LogP contribution in [0, 0.1) is 0 Å². The number of carbonyl (C=O) groups is 1. The Hall–Kier alpha value is -4.87. The highest BCUT2D eigenvalue weighted by molar-refractivity contribution is 6.32. The zero-order valence-electron chi connectivity index (χ0n) is 26.5. The van der Waals surface area contributed by atoms with Crippen molar-refractivity contribution in [3.05, 3.63) is 89.8 Å². The summed E-state index contributed by atoms with van der Waals surface area (Å²) < 4.78 is 13.0. The Kier molecular flexibility index (Phi) is 8.82. The second-order valence-corrected chi connectivity index (χ2v) is 12.1. The molecule has 12 heteroatoms. The van der Waals surface area contributed by atoms with Crippen LogP contribution < -0.4 is 24.2 Å². The third-order valence-electron chi connectivity index (χ3n) is 9.05. The average molecular weight is 653 g/mol. The monoisotopic (exact) mass is 652 g/mol. The van der Waals surface area contributed by atoms with E-state index in [1.165, 1.54) is 0 Å². The number of ether oxygens (including phenoxy) is 2. The van der Waals surface area contributed by atoms with Crippen LogP contribution >= 0.6 is 11.6 Å². The first-order valence-electron chi connectivity index (χ1n) is 15.8. The Labute approximate surface area is 278 Å². The number of nitrogens with zero attached hydrogens (tertiary/aromatic N) is 8. The first-order chi connectivity index (χ1) is 23.0. The number of anilines is 3. The van der Waals surface area contributed by atoms with E-state index in [1.54, 1.807) is 20.3 Å². The highest BCUT2D eigenvalue weighted by atomic mass is 35.5. The quantitative estimate of drug-likeness (QED) is 0.206. The fourth-order valence-corrected chi connectivity index (χ4v) is 6.69. The number of hydrogen-bond acceptors (Lipinski definition) is 10. The second kappa shape index (κ2) is 13.5. The molecule has 5 aromatic rings. The zero-order valence-corrected chi connectivity index (χ0v) is 27.3. The van der Waals surface area contributed by atoms with Crippen LogP contribution in [0.5, 0.6) is 11.5 Å². The SMILES string of the molecule is COc1cc(OC)c(-c2cn3ccc(N4CCN(c5nccc(N6CCN(C(C=O)c7ccccc7)CC6)n5)CC4)cc3n2)cc1Cl. The minimum Gasteiger partial charge on any atom is -0.496 e. The number of imidazole rings is 1. The molecular weight excluding hydrogens is 616 g/mol. The molecule has 2 saturated heterocycles. The Morgan fingerprint density at radius 1 is 0.809 bits per heavy atom. The number of halogens is 1. The van der Waals surface area contributed by atoms with Crippen molar-refractivity contribution in [1.82, 2.24) is 24.3 Å². The predicted octanol–water partition coefficient (Wildman–Crippen LogP) is 4.85. The van der Waals surface area contributed by atoms with Crippen molar-refractivity contribution in [1.29, 1.82) is 0 Å². The predicted molar refractivity (Wildman–Crippen MR) is 184 cm³/mol. The Morgan fingerprint density at radius 3 is 2.26 bits per heavy atom. The molecule has 2 fully saturated rings. The van der Waals surface area contributed by atoms with E-state index < -0.39 is 0 Å². The molecule has 0 aliphatic carbocycles. The van der Waals surface area contributed by atoms with Crippen LogP contribution in [-0.4, -0.2) is 97.1 Å². The van der Waals surface area contributed by atoms with E-state index in [0.717, 1.165) is 98.6 Å². The molecule has 242 valence electrons. The van der Waals surface area contributed by atoms with Gasteiger partial charge >= 0.3 is 0 Å². The lowest BCUT2D eigenvalue weighted by Gasteiger charge is -2.39. The number of fused-ring (bicyclic) bond motifs is 1. The van der Waals surface area contributed by atoms with Crippen molar-refractivity contribution in [3.8, 4) is 22.8 Å². The van der Waals surface area contributed by atoms with E-state index in [0.29, 0.717) is 16.5 Å². The van der Waals surface area contributed by atoms with Gasteiger partial charge in [0.05, 0.1) is 31.0 Å². The molecule has 0 bridgehead atoms. The number of benzene rings is 2. The molecule has 5 heterocycles. The molecule has 1 unspecified atom stereocenters. The minimum absolute atomic E-state index is 0.219. The Morgan fingerprint density at radius 2 is 1.53 bits per heavy atom. The van der Waals surface area contributed by atoms with Gasteiger partial charge in [-0.2, -0.15) is 4.98 Å². The molecule has 0 spiro atoms. The van der Waals surface area contributed by atoms with Gasteiger partial charge in [-0.05, 0) is 23.8 Å². The topological polar surface area (TPSA) is 91.6 Å². The largest absolute Gasteiger partial charge is 0.496 e. The smallest absolute Gasteiger partial charge is 0.227 e. The standard InChI is InChI=1S/C35H37ClN8O3/c1-46-31-22-32(47-2)28(36)21-27(31)29-23-44-11-9-26(20-34(44)38-29)40-12-18-43(19-13-40)35-37-10-8-33(39-35)42-16-14-41(15-17-42)30(24-45)25-6-4-3-5-7-25/h3-11,20-24,30H,12-19H2,1-2H3. The molecule has 0 radical (unpaired) electrons. The molecule has 2 aliphatic rings. The Balaban J connectivity index is 0.991. The maximum Gasteiger partial charge on any atom is 0.227 e. The average Bonchev–Trinajstić information content (AvgIpc) is 3.56. The van der Waals surface area contributed by atoms with Crippen molar-refractivity contribution in [2.45, 2.75) is 6.04 Å². The van der Waals surface area contributed by atoms with Crippen LogP contribution in [0.4, 0.5) is 17.5 Å². The van der Waals surface area contributed by atoms with E-state index in [9.17, 15) is 4.79 Å². The van der Waals surface area contributed by atoms with E-state index in [1.807, 2.05) is 65.5 Å². The number of carbonyl (C=O) groups excluding carboxylic acids is 1. The van der Waals surface area contributed by atoms with Crippen molar-refractivity contribution in [3.63, 3.8) is 0 Å². The van der Waals surface area contributed by atoms with Crippen LogP contribution in [0.25, 0.3) is 16.9 Å². The molecule has 2 aliphatic heterocycles. The van der Waals surface area contributed by atoms with Crippen LogP contribution in [-0.2, 0) is 4.79 Å². The van der Waals surface area contributed by atoms with Gasteiger partial charge in [0.2, 0.25) is 5.95 Å². The van der Waals surface area contributed by atoms with Crippen molar-refractivity contribution in [2.75, 3.05) is 81.3 Å². The molecular formula is C35H37ClN8O3. The summed E-state index contributed by atoms with van der Waals surface area (Å²) in [5.41, 5.74) is 4.57. The third-order valence-corrected chi connectivity index (χ3v) is 9.35. The molecule has 47 heavy (non-hydrogen) atoms. The molecule has 1 atom stereocenters. The number of rotatable bonds is 9. The normalized spacial score (nSPS) is 16.4. The van der Waals surface area contributed by atoms with Gasteiger partial charge in [0.1, 0.15) is 29.3 Å². The summed E-state index contributed by atoms with van der Waals surface area (Å²) in [7, 11) is 3.21. The summed E-state index contributed by atoms with van der Waals surface area (Å²) in [6, 6.07) is 19.6. The number of aromatic nitrogens is 4. The maximum atomic E-state index is 12.0. The fraction of sp³-hybridized carbons (Fsp3) is 0.314. The summed E-state index contributed by atoms with van der Waals surface area (Å²) in [5.74, 6) is 2.88. The summed E-state index contributed by atoms with van der Waals surface area (Å²) >= 11 is 6.43.